The number of aromatic nitrogens is 2. The Balaban J connectivity index is 2.56. The lowest BCUT2D eigenvalue weighted by atomic mass is 10.1. The van der Waals surface area contributed by atoms with E-state index < -0.39 is 0 Å². The van der Waals surface area contributed by atoms with E-state index in [2.05, 4.69) is 10.2 Å². The Kier molecular flexibility index (Phi) is 2.59. The molecule has 2 aromatic rings. The summed E-state index contributed by atoms with van der Waals surface area (Å²) in [5.74, 6) is 0. The minimum atomic E-state index is 0.0546. The SMILES string of the molecule is N#CC(C#N)=Cc1ccc2n[nH]c(Cl)c2c1. The van der Waals surface area contributed by atoms with Crippen molar-refractivity contribution in [2.75, 3.05) is 0 Å². The maximum atomic E-state index is 8.63. The topological polar surface area (TPSA) is 76.3 Å². The van der Waals surface area contributed by atoms with E-state index in [4.69, 9.17) is 22.1 Å². The van der Waals surface area contributed by atoms with Crippen molar-refractivity contribution in [1.82, 2.24) is 10.2 Å². The van der Waals surface area contributed by atoms with Gasteiger partial charge >= 0.3 is 0 Å². The van der Waals surface area contributed by atoms with Crippen LogP contribution in [0.2, 0.25) is 5.15 Å². The van der Waals surface area contributed by atoms with Crippen LogP contribution in [0.15, 0.2) is 23.8 Å². The standard InChI is InChI=1S/C11H5ClN4/c12-11-9-4-7(3-8(5-13)6-14)1-2-10(9)15-16-11/h1-4H,(H,15,16). The molecule has 0 amide bonds. The first-order chi connectivity index (χ1) is 7.74. The average molecular weight is 229 g/mol. The lowest BCUT2D eigenvalue weighted by Gasteiger charge is -1.93. The second-order valence-corrected chi connectivity index (χ2v) is 3.47. The van der Waals surface area contributed by atoms with Gasteiger partial charge in [-0.3, -0.25) is 5.10 Å². The molecule has 76 valence electrons. The van der Waals surface area contributed by atoms with E-state index in [0.29, 0.717) is 5.15 Å². The zero-order chi connectivity index (χ0) is 11.5. The second kappa shape index (κ2) is 4.06. The molecule has 16 heavy (non-hydrogen) atoms. The second-order valence-electron chi connectivity index (χ2n) is 3.10. The van der Waals surface area contributed by atoms with E-state index in [1.54, 1.807) is 30.3 Å². The number of fused-ring (bicyclic) bond motifs is 1. The van der Waals surface area contributed by atoms with Gasteiger partial charge in [0.15, 0.2) is 0 Å². The third-order valence-corrected chi connectivity index (χ3v) is 2.37. The minimum Gasteiger partial charge on any atom is -0.266 e. The van der Waals surface area contributed by atoms with E-state index in [1.165, 1.54) is 6.08 Å². The van der Waals surface area contributed by atoms with Gasteiger partial charge in [-0.2, -0.15) is 15.6 Å². The Morgan fingerprint density at radius 3 is 2.81 bits per heavy atom. The van der Waals surface area contributed by atoms with E-state index in [0.717, 1.165) is 16.5 Å². The van der Waals surface area contributed by atoms with Gasteiger partial charge in [0.05, 0.1) is 5.52 Å². The molecule has 1 aromatic heterocycles. The third-order valence-electron chi connectivity index (χ3n) is 2.08. The molecular weight excluding hydrogens is 224 g/mol. The largest absolute Gasteiger partial charge is 0.266 e. The summed E-state index contributed by atoms with van der Waals surface area (Å²) in [6, 6.07) is 8.92. The molecule has 0 spiro atoms. The molecule has 0 unspecified atom stereocenters. The molecule has 0 aliphatic rings. The molecule has 0 saturated carbocycles. The maximum Gasteiger partial charge on any atom is 0.132 e. The quantitative estimate of drug-likeness (QED) is 0.763. The van der Waals surface area contributed by atoms with Crippen molar-refractivity contribution >= 4 is 28.6 Å². The Hall–Kier alpha value is -2.30. The van der Waals surface area contributed by atoms with Crippen molar-refractivity contribution in [1.29, 1.82) is 10.5 Å². The molecule has 0 radical (unpaired) electrons. The van der Waals surface area contributed by atoms with Crippen LogP contribution in [0.3, 0.4) is 0 Å². The first kappa shape index (κ1) is 10.2. The molecule has 0 bridgehead atoms. The zero-order valence-electron chi connectivity index (χ0n) is 8.03. The number of hydrogen-bond acceptors (Lipinski definition) is 3. The molecule has 1 aromatic carbocycles. The highest BCUT2D eigenvalue weighted by Crippen LogP contribution is 2.22. The number of nitriles is 2. The molecule has 4 nitrogen and oxygen atoms in total. The van der Waals surface area contributed by atoms with Crippen LogP contribution in [-0.4, -0.2) is 10.2 Å². The monoisotopic (exact) mass is 228 g/mol. The summed E-state index contributed by atoms with van der Waals surface area (Å²) in [6.45, 7) is 0. The summed E-state index contributed by atoms with van der Waals surface area (Å²) in [6.07, 6.45) is 1.50. The highest BCUT2D eigenvalue weighted by atomic mass is 35.5. The van der Waals surface area contributed by atoms with Crippen LogP contribution in [0, 0.1) is 22.7 Å². The first-order valence-corrected chi connectivity index (χ1v) is 4.78. The molecule has 5 heteroatoms. The Labute approximate surface area is 96.4 Å². The highest BCUT2D eigenvalue weighted by Gasteiger charge is 2.03. The van der Waals surface area contributed by atoms with Crippen LogP contribution >= 0.6 is 11.6 Å². The number of nitrogens with one attached hydrogen (secondary N) is 1. The van der Waals surface area contributed by atoms with Crippen molar-refractivity contribution in [2.24, 2.45) is 0 Å². The third kappa shape index (κ3) is 1.75. The van der Waals surface area contributed by atoms with Crippen LogP contribution in [0.1, 0.15) is 5.56 Å². The lowest BCUT2D eigenvalue weighted by Crippen LogP contribution is -1.76. The number of rotatable bonds is 1. The van der Waals surface area contributed by atoms with E-state index in [-0.39, 0.29) is 5.57 Å². The smallest absolute Gasteiger partial charge is 0.132 e. The maximum absolute atomic E-state index is 8.63. The molecule has 0 atom stereocenters. The fourth-order valence-electron chi connectivity index (χ4n) is 1.34. The molecular formula is C11H5ClN4. The van der Waals surface area contributed by atoms with Gasteiger partial charge in [0, 0.05) is 5.39 Å². The summed E-state index contributed by atoms with van der Waals surface area (Å²) < 4.78 is 0. The van der Waals surface area contributed by atoms with Crippen molar-refractivity contribution in [3.63, 3.8) is 0 Å². The fraction of sp³-hybridized carbons (Fsp3) is 0. The fourth-order valence-corrected chi connectivity index (χ4v) is 1.54. The van der Waals surface area contributed by atoms with E-state index >= 15 is 0 Å². The minimum absolute atomic E-state index is 0.0546. The number of halogens is 1. The van der Waals surface area contributed by atoms with Gasteiger partial charge < -0.3 is 0 Å². The van der Waals surface area contributed by atoms with Crippen LogP contribution < -0.4 is 0 Å². The molecule has 1 heterocycles. The number of benzene rings is 1. The summed E-state index contributed by atoms with van der Waals surface area (Å²) in [5, 5.41) is 25.1. The normalized spacial score (nSPS) is 9.44. The van der Waals surface area contributed by atoms with Gasteiger partial charge in [-0.25, -0.2) is 0 Å². The van der Waals surface area contributed by atoms with Crippen molar-refractivity contribution in [3.05, 3.63) is 34.5 Å². The number of H-pyrrole nitrogens is 1. The van der Waals surface area contributed by atoms with Crippen LogP contribution in [0.25, 0.3) is 17.0 Å². The Morgan fingerprint density at radius 1 is 1.38 bits per heavy atom. The predicted octanol–water partition coefficient (Wildman–Crippen LogP) is 2.65. The van der Waals surface area contributed by atoms with E-state index in [1.807, 2.05) is 0 Å². The van der Waals surface area contributed by atoms with Crippen LogP contribution in [-0.2, 0) is 0 Å². The average Bonchev–Trinajstić information content (AvgIpc) is 2.68. The molecule has 0 fully saturated rings. The predicted molar refractivity (Wildman–Crippen MR) is 60.3 cm³/mol. The van der Waals surface area contributed by atoms with Crippen molar-refractivity contribution in [2.45, 2.75) is 0 Å². The van der Waals surface area contributed by atoms with Crippen LogP contribution in [0.5, 0.6) is 0 Å². The van der Waals surface area contributed by atoms with Gasteiger partial charge in [0.1, 0.15) is 22.9 Å². The molecule has 0 aliphatic carbocycles. The van der Waals surface area contributed by atoms with Gasteiger partial charge in [-0.15, -0.1) is 0 Å². The van der Waals surface area contributed by atoms with Gasteiger partial charge in [0.2, 0.25) is 0 Å². The number of nitrogens with zero attached hydrogens (tertiary/aromatic N) is 3. The van der Waals surface area contributed by atoms with Gasteiger partial charge in [0.25, 0.3) is 0 Å². The summed E-state index contributed by atoms with van der Waals surface area (Å²) in [4.78, 5) is 0. The van der Waals surface area contributed by atoms with Gasteiger partial charge in [-0.1, -0.05) is 17.7 Å². The van der Waals surface area contributed by atoms with Crippen LogP contribution in [0.4, 0.5) is 0 Å². The Morgan fingerprint density at radius 2 is 2.12 bits per heavy atom. The number of aromatic amines is 1. The van der Waals surface area contributed by atoms with Crippen molar-refractivity contribution < 1.29 is 0 Å². The summed E-state index contributed by atoms with van der Waals surface area (Å²) >= 11 is 5.88. The molecule has 1 N–H and O–H groups in total. The Bertz CT molecular complexity index is 639. The summed E-state index contributed by atoms with van der Waals surface area (Å²) in [7, 11) is 0. The number of hydrogen-bond donors (Lipinski definition) is 1. The van der Waals surface area contributed by atoms with E-state index in [9.17, 15) is 0 Å². The van der Waals surface area contributed by atoms with Gasteiger partial charge in [-0.05, 0) is 23.8 Å². The lowest BCUT2D eigenvalue weighted by molar-refractivity contribution is 1.12. The molecule has 0 aliphatic heterocycles. The number of allylic oxidation sites excluding steroid dienone is 1. The van der Waals surface area contributed by atoms with Crippen molar-refractivity contribution in [3.8, 4) is 12.1 Å². The first-order valence-electron chi connectivity index (χ1n) is 4.40. The zero-order valence-corrected chi connectivity index (χ0v) is 8.78. The molecule has 2 rings (SSSR count). The highest BCUT2D eigenvalue weighted by molar-refractivity contribution is 6.34. The summed E-state index contributed by atoms with van der Waals surface area (Å²) in [5.41, 5.74) is 1.55. The molecule has 0 saturated heterocycles.